The second-order valence-electron chi connectivity index (χ2n) is 5.64. The second kappa shape index (κ2) is 6.72. The zero-order chi connectivity index (χ0) is 18.1. The van der Waals surface area contributed by atoms with Gasteiger partial charge in [0.05, 0.1) is 11.7 Å². The lowest BCUT2D eigenvalue weighted by molar-refractivity contribution is 0.474. The van der Waals surface area contributed by atoms with E-state index in [0.717, 1.165) is 33.1 Å². The average Bonchev–Trinajstić information content (AvgIpc) is 2.97. The van der Waals surface area contributed by atoms with Crippen LogP contribution in [0, 0.1) is 0 Å². The predicted molar refractivity (Wildman–Crippen MR) is 106 cm³/mol. The number of phenolic OH excluding ortho intramolecular Hbond substituents is 1. The van der Waals surface area contributed by atoms with Crippen LogP contribution in [0.1, 0.15) is 12.5 Å². The number of nitrogens with zero attached hydrogens (tertiary/aromatic N) is 5. The van der Waals surface area contributed by atoms with Gasteiger partial charge in [-0.05, 0) is 31.2 Å². The Morgan fingerprint density at radius 1 is 1.23 bits per heavy atom. The quantitative estimate of drug-likeness (QED) is 0.393. The van der Waals surface area contributed by atoms with Crippen molar-refractivity contribution in [2.75, 3.05) is 5.43 Å². The number of anilines is 1. The molecule has 0 unspecified atom stereocenters. The van der Waals surface area contributed by atoms with E-state index in [4.69, 9.17) is 0 Å². The van der Waals surface area contributed by atoms with Crippen molar-refractivity contribution in [2.45, 2.75) is 13.5 Å². The number of rotatable bonds is 4. The lowest BCUT2D eigenvalue weighted by Gasteiger charge is -2.03. The Labute approximate surface area is 157 Å². The van der Waals surface area contributed by atoms with E-state index in [1.807, 2.05) is 24.3 Å². The van der Waals surface area contributed by atoms with Crippen LogP contribution in [0.2, 0.25) is 0 Å². The van der Waals surface area contributed by atoms with Crippen molar-refractivity contribution < 1.29 is 5.11 Å². The smallest absolute Gasteiger partial charge is 0.265 e. The average molecular weight is 411 g/mol. The molecule has 0 spiro atoms. The molecule has 2 aromatic heterocycles. The van der Waals surface area contributed by atoms with E-state index >= 15 is 0 Å². The fourth-order valence-corrected chi connectivity index (χ4v) is 3.24. The predicted octanol–water partition coefficient (Wildman–Crippen LogP) is 3.91. The lowest BCUT2D eigenvalue weighted by Crippen LogP contribution is -2.02. The first-order valence-electron chi connectivity index (χ1n) is 8.06. The number of aromatic nitrogens is 4. The summed E-state index contributed by atoms with van der Waals surface area (Å²) in [5, 5.41) is 23.4. The molecule has 0 amide bonds. The van der Waals surface area contributed by atoms with Gasteiger partial charge in [-0.2, -0.15) is 10.1 Å². The van der Waals surface area contributed by atoms with Crippen LogP contribution in [-0.2, 0) is 6.54 Å². The summed E-state index contributed by atoms with van der Waals surface area (Å²) in [6, 6.07) is 13.1. The van der Waals surface area contributed by atoms with Crippen molar-refractivity contribution in [3.05, 3.63) is 52.5 Å². The zero-order valence-corrected chi connectivity index (χ0v) is 15.5. The largest absolute Gasteiger partial charge is 0.507 e. The summed E-state index contributed by atoms with van der Waals surface area (Å²) in [6.07, 6.45) is 1.50. The third-order valence-electron chi connectivity index (χ3n) is 4.05. The number of hydrogen-bond donors (Lipinski definition) is 2. The number of aryl methyl sites for hydroxylation is 1. The highest BCUT2D eigenvalue weighted by atomic mass is 79.9. The summed E-state index contributed by atoms with van der Waals surface area (Å²) in [6.45, 7) is 2.84. The van der Waals surface area contributed by atoms with E-state index in [1.165, 1.54) is 6.21 Å². The monoisotopic (exact) mass is 410 g/mol. The van der Waals surface area contributed by atoms with Gasteiger partial charge in [-0.15, -0.1) is 10.2 Å². The Morgan fingerprint density at radius 3 is 2.92 bits per heavy atom. The highest BCUT2D eigenvalue weighted by molar-refractivity contribution is 9.10. The molecule has 0 radical (unpaired) electrons. The molecule has 0 aliphatic carbocycles. The van der Waals surface area contributed by atoms with Crippen molar-refractivity contribution in [3.8, 4) is 5.75 Å². The molecule has 7 nitrogen and oxygen atoms in total. The van der Waals surface area contributed by atoms with Gasteiger partial charge < -0.3 is 9.67 Å². The van der Waals surface area contributed by atoms with Gasteiger partial charge in [0.25, 0.3) is 5.95 Å². The van der Waals surface area contributed by atoms with Crippen LogP contribution in [-0.4, -0.2) is 31.1 Å². The van der Waals surface area contributed by atoms with Gasteiger partial charge in [0, 0.05) is 22.0 Å². The molecule has 2 aromatic carbocycles. The van der Waals surface area contributed by atoms with Crippen LogP contribution < -0.4 is 5.43 Å². The molecule has 130 valence electrons. The number of hydrogen-bond acceptors (Lipinski definition) is 6. The zero-order valence-electron chi connectivity index (χ0n) is 13.9. The number of halogens is 1. The van der Waals surface area contributed by atoms with Crippen LogP contribution in [0.3, 0.4) is 0 Å². The van der Waals surface area contributed by atoms with Crippen molar-refractivity contribution in [3.63, 3.8) is 0 Å². The maximum atomic E-state index is 9.84. The number of hydrazone groups is 1. The molecule has 8 heteroatoms. The number of fused-ring (bicyclic) bond motifs is 3. The van der Waals surface area contributed by atoms with E-state index in [0.29, 0.717) is 11.5 Å². The SMILES string of the molecule is CCn1c2ccccc2c2nnc(N/N=C/c3cc(Br)ccc3O)nc21. The van der Waals surface area contributed by atoms with E-state index in [1.54, 1.807) is 18.2 Å². The molecular formula is C18H15BrN6O. The van der Waals surface area contributed by atoms with Crippen molar-refractivity contribution >= 4 is 50.2 Å². The van der Waals surface area contributed by atoms with E-state index < -0.39 is 0 Å². The molecule has 0 aliphatic rings. The Morgan fingerprint density at radius 2 is 2.08 bits per heavy atom. The molecule has 26 heavy (non-hydrogen) atoms. The van der Waals surface area contributed by atoms with Crippen molar-refractivity contribution in [2.24, 2.45) is 5.10 Å². The summed E-state index contributed by atoms with van der Waals surface area (Å²) >= 11 is 3.36. The molecule has 0 fully saturated rings. The normalized spacial score (nSPS) is 11.6. The van der Waals surface area contributed by atoms with Gasteiger partial charge in [0.2, 0.25) is 0 Å². The van der Waals surface area contributed by atoms with E-state index in [-0.39, 0.29) is 5.75 Å². The number of aromatic hydroxyl groups is 1. The molecule has 0 saturated heterocycles. The molecule has 0 aliphatic heterocycles. The van der Waals surface area contributed by atoms with Crippen molar-refractivity contribution in [1.82, 2.24) is 19.7 Å². The van der Waals surface area contributed by atoms with Gasteiger partial charge >= 0.3 is 0 Å². The van der Waals surface area contributed by atoms with Crippen LogP contribution in [0.25, 0.3) is 22.1 Å². The minimum Gasteiger partial charge on any atom is -0.507 e. The van der Waals surface area contributed by atoms with E-state index in [9.17, 15) is 5.11 Å². The van der Waals surface area contributed by atoms with Crippen molar-refractivity contribution in [1.29, 1.82) is 0 Å². The maximum absolute atomic E-state index is 9.84. The second-order valence-corrected chi connectivity index (χ2v) is 6.56. The fourth-order valence-electron chi connectivity index (χ4n) is 2.86. The maximum Gasteiger partial charge on any atom is 0.265 e. The highest BCUT2D eigenvalue weighted by Crippen LogP contribution is 2.26. The molecule has 2 N–H and O–H groups in total. The summed E-state index contributed by atoms with van der Waals surface area (Å²) < 4.78 is 2.94. The minimum atomic E-state index is 0.138. The Balaban J connectivity index is 1.68. The summed E-state index contributed by atoms with van der Waals surface area (Å²) in [7, 11) is 0. The topological polar surface area (TPSA) is 88.2 Å². The van der Waals surface area contributed by atoms with Gasteiger partial charge in [-0.1, -0.05) is 34.1 Å². The number of nitrogens with one attached hydrogen (secondary N) is 1. The molecule has 2 heterocycles. The highest BCUT2D eigenvalue weighted by Gasteiger charge is 2.13. The first-order chi connectivity index (χ1) is 12.7. The number of phenols is 1. The minimum absolute atomic E-state index is 0.138. The van der Waals surface area contributed by atoms with E-state index in [2.05, 4.69) is 53.1 Å². The van der Waals surface area contributed by atoms with Gasteiger partial charge in [0.15, 0.2) is 5.65 Å². The first-order valence-corrected chi connectivity index (χ1v) is 8.86. The third-order valence-corrected chi connectivity index (χ3v) is 4.54. The van der Waals surface area contributed by atoms with Crippen LogP contribution in [0.4, 0.5) is 5.95 Å². The lowest BCUT2D eigenvalue weighted by atomic mass is 10.2. The summed E-state index contributed by atoms with van der Waals surface area (Å²) in [5.74, 6) is 0.431. The fraction of sp³-hybridized carbons (Fsp3) is 0.111. The number of benzene rings is 2. The van der Waals surface area contributed by atoms with Crippen LogP contribution >= 0.6 is 15.9 Å². The molecule has 4 aromatic rings. The molecule has 0 atom stereocenters. The Hall–Kier alpha value is -3.00. The van der Waals surface area contributed by atoms with Gasteiger partial charge in [-0.25, -0.2) is 5.43 Å². The third kappa shape index (κ3) is 2.88. The molecule has 0 bridgehead atoms. The molecular weight excluding hydrogens is 396 g/mol. The number of para-hydroxylation sites is 1. The van der Waals surface area contributed by atoms with Gasteiger partial charge in [-0.3, -0.25) is 0 Å². The summed E-state index contributed by atoms with van der Waals surface area (Å²) in [5.41, 5.74) is 5.94. The standard InChI is InChI=1S/C18H15BrN6O/c1-2-25-14-6-4-3-5-13(14)16-17(25)21-18(24-22-16)23-20-10-11-9-12(19)7-8-15(11)26/h3-10,26H,2H2,1H3,(H,21,23,24)/b20-10+. The Bertz CT molecular complexity index is 1140. The molecule has 4 rings (SSSR count). The molecule has 0 saturated carbocycles. The Kier molecular flexibility index (Phi) is 4.26. The first kappa shape index (κ1) is 16.5. The van der Waals surface area contributed by atoms with Crippen LogP contribution in [0.5, 0.6) is 5.75 Å². The summed E-state index contributed by atoms with van der Waals surface area (Å²) in [4.78, 5) is 4.55. The van der Waals surface area contributed by atoms with Crippen LogP contribution in [0.15, 0.2) is 52.0 Å². The van der Waals surface area contributed by atoms with Gasteiger partial charge in [0.1, 0.15) is 11.3 Å².